The van der Waals surface area contributed by atoms with Crippen molar-refractivity contribution in [2.75, 3.05) is 19.6 Å². The molecule has 0 aliphatic heterocycles. The number of hydrogen-bond acceptors (Lipinski definition) is 0. The molecule has 1 aromatic rings. The molecule has 90 valence electrons. The highest BCUT2D eigenvalue weighted by molar-refractivity contribution is 5.46. The third kappa shape index (κ3) is 6.41. The van der Waals surface area contributed by atoms with E-state index in [1.807, 2.05) is 6.08 Å². The first kappa shape index (κ1) is 14.9. The van der Waals surface area contributed by atoms with Gasteiger partial charge in [-0.15, -0.1) is 0 Å². The highest BCUT2D eigenvalue weighted by Crippen LogP contribution is 2.02. The van der Waals surface area contributed by atoms with Crippen LogP contribution < -0.4 is 4.90 Å². The summed E-state index contributed by atoms with van der Waals surface area (Å²) in [7, 11) is 0. The molecule has 0 heterocycles. The summed E-state index contributed by atoms with van der Waals surface area (Å²) in [4.78, 5) is 1.68. The molecule has 0 aromatic heterocycles. The Labute approximate surface area is 101 Å². The molecule has 0 atom stereocenters. The second-order valence-corrected chi connectivity index (χ2v) is 3.93. The quantitative estimate of drug-likeness (QED) is 0.795. The number of hydrogen-bond donors (Lipinski definition) is 1. The van der Waals surface area contributed by atoms with Crippen LogP contribution in [-0.4, -0.2) is 19.6 Å². The average molecular weight is 220 g/mol. The molecule has 0 aliphatic carbocycles. The highest BCUT2D eigenvalue weighted by Gasteiger charge is 1.92. The topological polar surface area (TPSA) is 4.44 Å². The van der Waals surface area contributed by atoms with E-state index < -0.39 is 0 Å². The van der Waals surface area contributed by atoms with Crippen molar-refractivity contribution in [3.05, 3.63) is 42.0 Å². The van der Waals surface area contributed by atoms with Gasteiger partial charge in [0.2, 0.25) is 0 Å². The zero-order chi connectivity index (χ0) is 12.4. The smallest absolute Gasteiger partial charge is 0.0742 e. The van der Waals surface area contributed by atoms with Crippen LogP contribution in [0.4, 0.5) is 0 Å². The van der Waals surface area contributed by atoms with Gasteiger partial charge in [0.05, 0.1) is 19.6 Å². The van der Waals surface area contributed by atoms with Gasteiger partial charge in [-0.25, -0.2) is 0 Å². The van der Waals surface area contributed by atoms with E-state index in [1.54, 1.807) is 4.90 Å². The van der Waals surface area contributed by atoms with Crippen LogP contribution in [0.15, 0.2) is 30.8 Å². The van der Waals surface area contributed by atoms with Gasteiger partial charge in [-0.05, 0) is 33.3 Å². The van der Waals surface area contributed by atoms with Crippen LogP contribution in [-0.2, 0) is 0 Å². The fraction of sp³-hybridized carbons (Fsp3) is 0.467. The van der Waals surface area contributed by atoms with Crippen molar-refractivity contribution in [1.82, 2.24) is 0 Å². The summed E-state index contributed by atoms with van der Waals surface area (Å²) < 4.78 is 0. The third-order valence-corrected chi connectivity index (χ3v) is 2.81. The molecule has 1 nitrogen and oxygen atoms in total. The Morgan fingerprint density at radius 1 is 1.00 bits per heavy atom. The van der Waals surface area contributed by atoms with Crippen LogP contribution in [0.25, 0.3) is 6.08 Å². The van der Waals surface area contributed by atoms with Crippen LogP contribution in [0.5, 0.6) is 0 Å². The minimum atomic E-state index is 1.18. The Morgan fingerprint density at radius 3 is 1.69 bits per heavy atom. The lowest BCUT2D eigenvalue weighted by Crippen LogP contribution is -3.11. The molecule has 1 heteroatoms. The molecule has 0 saturated carbocycles. The average Bonchev–Trinajstić information content (AvgIpc) is 2.33. The molecule has 0 fully saturated rings. The molecule has 0 aliphatic rings. The van der Waals surface area contributed by atoms with Crippen LogP contribution >= 0.6 is 0 Å². The Morgan fingerprint density at radius 2 is 1.44 bits per heavy atom. The number of quaternary nitrogens is 1. The standard InChI is InChI=1S/C9H10.C6H15N/c1-3-9-6-4-8(2)5-7-9;1-4-7(5-2)6-3/h3-7H,1H2,2H3;4-6H2,1-3H3/p+1. The summed E-state index contributed by atoms with van der Waals surface area (Å²) in [5.74, 6) is 0. The van der Waals surface area contributed by atoms with E-state index in [2.05, 4.69) is 58.5 Å². The van der Waals surface area contributed by atoms with Crippen molar-refractivity contribution in [3.8, 4) is 0 Å². The molecule has 0 spiro atoms. The Kier molecular flexibility index (Phi) is 8.55. The van der Waals surface area contributed by atoms with Gasteiger partial charge in [0, 0.05) is 0 Å². The lowest BCUT2D eigenvalue weighted by Gasteiger charge is -2.10. The molecule has 0 amide bonds. The van der Waals surface area contributed by atoms with Crippen molar-refractivity contribution in [2.24, 2.45) is 0 Å². The summed E-state index contributed by atoms with van der Waals surface area (Å²) in [5, 5.41) is 0. The number of aryl methyl sites for hydroxylation is 1. The summed E-state index contributed by atoms with van der Waals surface area (Å²) >= 11 is 0. The summed E-state index contributed by atoms with van der Waals surface area (Å²) in [5.41, 5.74) is 2.47. The molecular formula is C15H26N+. The zero-order valence-corrected chi connectivity index (χ0v) is 11.2. The van der Waals surface area contributed by atoms with Crippen molar-refractivity contribution in [3.63, 3.8) is 0 Å². The van der Waals surface area contributed by atoms with Crippen LogP contribution in [0, 0.1) is 6.92 Å². The maximum Gasteiger partial charge on any atom is 0.0742 e. The van der Waals surface area contributed by atoms with Gasteiger partial charge in [0.25, 0.3) is 0 Å². The van der Waals surface area contributed by atoms with E-state index in [-0.39, 0.29) is 0 Å². The molecule has 1 aromatic carbocycles. The first-order valence-corrected chi connectivity index (χ1v) is 6.20. The largest absolute Gasteiger partial charge is 0.336 e. The van der Waals surface area contributed by atoms with Crippen LogP contribution in [0.1, 0.15) is 31.9 Å². The van der Waals surface area contributed by atoms with E-state index in [0.717, 1.165) is 0 Å². The Hall–Kier alpha value is -1.08. The number of rotatable bonds is 4. The first-order chi connectivity index (χ1) is 7.67. The summed E-state index contributed by atoms with van der Waals surface area (Å²) in [6.07, 6.45) is 1.85. The van der Waals surface area contributed by atoms with E-state index in [4.69, 9.17) is 0 Å². The molecular weight excluding hydrogens is 194 g/mol. The molecule has 0 radical (unpaired) electrons. The number of benzene rings is 1. The van der Waals surface area contributed by atoms with Crippen LogP contribution in [0.2, 0.25) is 0 Å². The fourth-order valence-electron chi connectivity index (χ4n) is 1.45. The minimum Gasteiger partial charge on any atom is -0.336 e. The Balaban J connectivity index is 0.000000293. The van der Waals surface area contributed by atoms with Gasteiger partial charge in [-0.3, -0.25) is 0 Å². The Bertz CT molecular complexity index is 264. The van der Waals surface area contributed by atoms with E-state index in [0.29, 0.717) is 0 Å². The lowest BCUT2D eigenvalue weighted by molar-refractivity contribution is -0.894. The third-order valence-electron chi connectivity index (χ3n) is 2.81. The van der Waals surface area contributed by atoms with E-state index in [9.17, 15) is 0 Å². The van der Waals surface area contributed by atoms with Gasteiger partial charge < -0.3 is 4.90 Å². The molecule has 0 unspecified atom stereocenters. The van der Waals surface area contributed by atoms with Gasteiger partial charge >= 0.3 is 0 Å². The van der Waals surface area contributed by atoms with Crippen molar-refractivity contribution in [1.29, 1.82) is 0 Å². The van der Waals surface area contributed by atoms with Gasteiger partial charge in [0.1, 0.15) is 0 Å². The molecule has 0 bridgehead atoms. The zero-order valence-electron chi connectivity index (χ0n) is 11.2. The maximum atomic E-state index is 3.66. The van der Waals surface area contributed by atoms with E-state index in [1.165, 1.54) is 30.8 Å². The van der Waals surface area contributed by atoms with Gasteiger partial charge in [0.15, 0.2) is 0 Å². The molecule has 16 heavy (non-hydrogen) atoms. The van der Waals surface area contributed by atoms with E-state index >= 15 is 0 Å². The normalized spacial score (nSPS) is 9.56. The summed E-state index contributed by atoms with van der Waals surface area (Å²) in [6.45, 7) is 16.2. The fourth-order valence-corrected chi connectivity index (χ4v) is 1.45. The van der Waals surface area contributed by atoms with Crippen LogP contribution in [0.3, 0.4) is 0 Å². The SMILES string of the molecule is C=Cc1ccc(C)cc1.CC[NH+](CC)CC. The monoisotopic (exact) mass is 220 g/mol. The lowest BCUT2D eigenvalue weighted by atomic mass is 10.2. The number of nitrogens with one attached hydrogen (secondary N) is 1. The maximum absolute atomic E-state index is 3.66. The molecule has 1 rings (SSSR count). The molecule has 1 N–H and O–H groups in total. The second kappa shape index (κ2) is 9.17. The van der Waals surface area contributed by atoms with Crippen molar-refractivity contribution in [2.45, 2.75) is 27.7 Å². The van der Waals surface area contributed by atoms with Crippen molar-refractivity contribution >= 4 is 6.08 Å². The molecule has 0 saturated heterocycles. The van der Waals surface area contributed by atoms with Gasteiger partial charge in [-0.1, -0.05) is 42.5 Å². The predicted octanol–water partition coefficient (Wildman–Crippen LogP) is 2.57. The predicted molar refractivity (Wildman–Crippen MR) is 73.9 cm³/mol. The van der Waals surface area contributed by atoms with Gasteiger partial charge in [-0.2, -0.15) is 0 Å². The summed E-state index contributed by atoms with van der Waals surface area (Å²) in [6, 6.07) is 8.28. The highest BCUT2D eigenvalue weighted by atomic mass is 15.1. The van der Waals surface area contributed by atoms with Crippen molar-refractivity contribution < 1.29 is 4.90 Å². The minimum absolute atomic E-state index is 1.18. The second-order valence-electron chi connectivity index (χ2n) is 3.93. The first-order valence-electron chi connectivity index (χ1n) is 6.20.